The Bertz CT molecular complexity index is 848. The zero-order chi connectivity index (χ0) is 19.6. The molecule has 0 atom stereocenters. The van der Waals surface area contributed by atoms with Gasteiger partial charge in [-0.3, -0.25) is 9.59 Å². The van der Waals surface area contributed by atoms with Gasteiger partial charge in [-0.05, 0) is 50.1 Å². The van der Waals surface area contributed by atoms with E-state index < -0.39 is 0 Å². The first-order valence-corrected chi connectivity index (χ1v) is 8.94. The topological polar surface area (TPSA) is 79.5 Å². The average Bonchev–Trinajstić information content (AvgIpc) is 3.14. The van der Waals surface area contributed by atoms with Crippen molar-refractivity contribution in [1.29, 1.82) is 0 Å². The van der Waals surface area contributed by atoms with Crippen molar-refractivity contribution in [2.75, 3.05) is 25.0 Å². The molecule has 2 amide bonds. The molecule has 1 aliphatic heterocycles. The molecule has 2 heterocycles. The molecule has 3 rings (SSSR count). The molecule has 2 aromatic rings. The summed E-state index contributed by atoms with van der Waals surface area (Å²) >= 11 is 0. The molecular formula is C20H24N4O3. The van der Waals surface area contributed by atoms with Crippen LogP contribution in [0.25, 0.3) is 0 Å². The van der Waals surface area contributed by atoms with Crippen molar-refractivity contribution in [3.8, 4) is 0 Å². The quantitative estimate of drug-likeness (QED) is 0.775. The van der Waals surface area contributed by atoms with Crippen molar-refractivity contribution in [3.63, 3.8) is 0 Å². The smallest absolute Gasteiger partial charge is 0.253 e. The highest BCUT2D eigenvalue weighted by Gasteiger charge is 2.37. The summed E-state index contributed by atoms with van der Waals surface area (Å²) in [5, 5.41) is 3.88. The number of nitrogens with zero attached hydrogens (tertiary/aromatic N) is 4. The van der Waals surface area contributed by atoms with Gasteiger partial charge >= 0.3 is 0 Å². The van der Waals surface area contributed by atoms with E-state index in [-0.39, 0.29) is 17.2 Å². The molecule has 7 heteroatoms. The number of anilines is 1. The van der Waals surface area contributed by atoms with Gasteiger partial charge in [0.15, 0.2) is 5.82 Å². The maximum atomic E-state index is 12.8. The normalized spacial score (nSPS) is 16.0. The third kappa shape index (κ3) is 3.77. The Balaban J connectivity index is 1.65. The standard InChI is InChI=1S/C20H24N4O3/c1-5-17(25)23(4)16-8-6-15(7-9-16)18(26)24-12-10-20(3,11-13-24)19-21-14(2)22-27-19/h5-9H,1,10-13H2,2-4H3. The molecule has 0 radical (unpaired) electrons. The van der Waals surface area contributed by atoms with E-state index in [1.807, 2.05) is 4.90 Å². The van der Waals surface area contributed by atoms with E-state index >= 15 is 0 Å². The highest BCUT2D eigenvalue weighted by molar-refractivity contribution is 6.01. The summed E-state index contributed by atoms with van der Waals surface area (Å²) in [5.41, 5.74) is 1.13. The highest BCUT2D eigenvalue weighted by atomic mass is 16.5. The first-order valence-electron chi connectivity index (χ1n) is 8.94. The van der Waals surface area contributed by atoms with Crippen LogP contribution < -0.4 is 4.90 Å². The fourth-order valence-corrected chi connectivity index (χ4v) is 3.23. The Morgan fingerprint density at radius 3 is 2.41 bits per heavy atom. The Hall–Kier alpha value is -2.96. The van der Waals surface area contributed by atoms with Crippen molar-refractivity contribution in [1.82, 2.24) is 15.0 Å². The van der Waals surface area contributed by atoms with Gasteiger partial charge in [0.1, 0.15) is 0 Å². The largest absolute Gasteiger partial charge is 0.339 e. The molecule has 7 nitrogen and oxygen atoms in total. The molecule has 1 aliphatic rings. The monoisotopic (exact) mass is 368 g/mol. The minimum atomic E-state index is -0.199. The van der Waals surface area contributed by atoms with E-state index in [4.69, 9.17) is 4.52 Å². The molecule has 1 aromatic heterocycles. The molecule has 1 fully saturated rings. The van der Waals surface area contributed by atoms with Crippen LogP contribution in [-0.4, -0.2) is 47.0 Å². The van der Waals surface area contributed by atoms with E-state index in [0.717, 1.165) is 18.5 Å². The van der Waals surface area contributed by atoms with Crippen LogP contribution in [0.5, 0.6) is 0 Å². The van der Waals surface area contributed by atoms with Crippen LogP contribution >= 0.6 is 0 Å². The molecule has 0 spiro atoms. The second kappa shape index (κ2) is 7.34. The fraction of sp³-hybridized carbons (Fsp3) is 0.400. The van der Waals surface area contributed by atoms with Gasteiger partial charge in [0.2, 0.25) is 11.8 Å². The zero-order valence-corrected chi connectivity index (χ0v) is 15.9. The molecule has 0 N–H and O–H groups in total. The third-order valence-corrected chi connectivity index (χ3v) is 5.20. The molecule has 0 bridgehead atoms. The summed E-state index contributed by atoms with van der Waals surface area (Å²) in [4.78, 5) is 32.2. The van der Waals surface area contributed by atoms with E-state index in [1.54, 1.807) is 38.2 Å². The lowest BCUT2D eigenvalue weighted by atomic mass is 9.80. The fourth-order valence-electron chi connectivity index (χ4n) is 3.23. The second-order valence-corrected chi connectivity index (χ2v) is 7.15. The van der Waals surface area contributed by atoms with Crippen LogP contribution in [0.1, 0.15) is 41.8 Å². The Morgan fingerprint density at radius 1 is 1.26 bits per heavy atom. The zero-order valence-electron chi connectivity index (χ0n) is 15.9. The van der Waals surface area contributed by atoms with E-state index in [9.17, 15) is 9.59 Å². The van der Waals surface area contributed by atoms with Crippen LogP contribution in [0.15, 0.2) is 41.4 Å². The van der Waals surface area contributed by atoms with Crippen LogP contribution in [0.2, 0.25) is 0 Å². The van der Waals surface area contributed by atoms with Crippen molar-refractivity contribution in [2.45, 2.75) is 32.1 Å². The molecule has 1 aromatic carbocycles. The Labute approximate surface area is 158 Å². The number of aryl methyl sites for hydroxylation is 1. The number of likely N-dealkylation sites (N-methyl/N-ethyl adjacent to an activating group) is 1. The first-order chi connectivity index (χ1) is 12.8. The van der Waals surface area contributed by atoms with Crippen LogP contribution in [0, 0.1) is 6.92 Å². The molecule has 27 heavy (non-hydrogen) atoms. The number of rotatable bonds is 4. The van der Waals surface area contributed by atoms with Gasteiger partial charge in [0.25, 0.3) is 5.91 Å². The molecular weight excluding hydrogens is 344 g/mol. The molecule has 1 saturated heterocycles. The summed E-state index contributed by atoms with van der Waals surface area (Å²) in [6, 6.07) is 7.03. The number of aromatic nitrogens is 2. The lowest BCUT2D eigenvalue weighted by Gasteiger charge is -2.37. The van der Waals surface area contributed by atoms with Crippen LogP contribution in [0.4, 0.5) is 5.69 Å². The average molecular weight is 368 g/mol. The third-order valence-electron chi connectivity index (χ3n) is 5.20. The van der Waals surface area contributed by atoms with Crippen molar-refractivity contribution >= 4 is 17.5 Å². The lowest BCUT2D eigenvalue weighted by Crippen LogP contribution is -2.44. The number of carbonyl (C=O) groups excluding carboxylic acids is 2. The number of hydrogen-bond acceptors (Lipinski definition) is 5. The van der Waals surface area contributed by atoms with Crippen molar-refractivity contribution < 1.29 is 14.1 Å². The SMILES string of the molecule is C=CC(=O)N(C)c1ccc(C(=O)N2CCC(C)(c3nc(C)no3)CC2)cc1. The van der Waals surface area contributed by atoms with Gasteiger partial charge < -0.3 is 14.3 Å². The van der Waals surface area contributed by atoms with E-state index in [1.165, 1.54) is 11.0 Å². The number of benzene rings is 1. The number of piperidine rings is 1. The van der Waals surface area contributed by atoms with Gasteiger partial charge in [-0.2, -0.15) is 4.98 Å². The molecule has 0 aliphatic carbocycles. The Kier molecular flexibility index (Phi) is 5.12. The summed E-state index contributed by atoms with van der Waals surface area (Å²) in [7, 11) is 1.67. The molecule has 0 saturated carbocycles. The highest BCUT2D eigenvalue weighted by Crippen LogP contribution is 2.34. The maximum Gasteiger partial charge on any atom is 0.253 e. The summed E-state index contributed by atoms with van der Waals surface area (Å²) in [5.74, 6) is 1.07. The predicted octanol–water partition coefficient (Wildman–Crippen LogP) is 2.72. The first kappa shape index (κ1) is 18.8. The minimum Gasteiger partial charge on any atom is -0.339 e. The second-order valence-electron chi connectivity index (χ2n) is 7.15. The molecule has 142 valence electrons. The van der Waals surface area contributed by atoms with E-state index in [2.05, 4.69) is 23.6 Å². The van der Waals surface area contributed by atoms with Crippen LogP contribution in [0.3, 0.4) is 0 Å². The predicted molar refractivity (Wildman–Crippen MR) is 102 cm³/mol. The lowest BCUT2D eigenvalue weighted by molar-refractivity contribution is -0.113. The minimum absolute atomic E-state index is 0.0111. The maximum absolute atomic E-state index is 12.8. The Morgan fingerprint density at radius 2 is 1.89 bits per heavy atom. The number of hydrogen-bond donors (Lipinski definition) is 0. The van der Waals surface area contributed by atoms with Gasteiger partial charge in [0, 0.05) is 31.4 Å². The van der Waals surface area contributed by atoms with Gasteiger partial charge in [0.05, 0.1) is 5.41 Å². The molecule has 0 unspecified atom stereocenters. The number of carbonyl (C=O) groups is 2. The summed E-state index contributed by atoms with van der Waals surface area (Å²) in [6.45, 7) is 8.65. The van der Waals surface area contributed by atoms with Crippen molar-refractivity contribution in [2.24, 2.45) is 0 Å². The van der Waals surface area contributed by atoms with E-state index in [0.29, 0.717) is 30.4 Å². The van der Waals surface area contributed by atoms with Crippen molar-refractivity contribution in [3.05, 3.63) is 54.2 Å². The summed E-state index contributed by atoms with van der Waals surface area (Å²) in [6.07, 6.45) is 2.80. The van der Waals surface area contributed by atoms with Gasteiger partial charge in [-0.25, -0.2) is 0 Å². The number of amides is 2. The van der Waals surface area contributed by atoms with Gasteiger partial charge in [-0.15, -0.1) is 0 Å². The van der Waals surface area contributed by atoms with Crippen LogP contribution in [-0.2, 0) is 10.2 Å². The summed E-state index contributed by atoms with van der Waals surface area (Å²) < 4.78 is 5.35. The number of likely N-dealkylation sites (tertiary alicyclic amines) is 1. The van der Waals surface area contributed by atoms with Gasteiger partial charge in [-0.1, -0.05) is 18.7 Å².